The first-order chi connectivity index (χ1) is 10.0. The topological polar surface area (TPSA) is 120 Å². The number of carboxylic acid groups (broad SMARTS) is 1. The molecule has 1 amide bonds. The molecule has 1 aromatic carbocycles. The SMILES string of the molecule is COc1ccc([N+](=O)[O-])cc1OCCOCCNC(=O)O. The van der Waals surface area contributed by atoms with Crippen LogP contribution in [0.2, 0.25) is 0 Å². The predicted octanol–water partition coefficient (Wildman–Crippen LogP) is 1.27. The van der Waals surface area contributed by atoms with Crippen LogP contribution in [-0.2, 0) is 4.74 Å². The molecule has 0 bridgehead atoms. The minimum Gasteiger partial charge on any atom is -0.493 e. The lowest BCUT2D eigenvalue weighted by molar-refractivity contribution is -0.385. The molecule has 0 heterocycles. The number of ether oxygens (including phenoxy) is 3. The fourth-order valence-corrected chi connectivity index (χ4v) is 1.43. The zero-order valence-corrected chi connectivity index (χ0v) is 11.4. The van der Waals surface area contributed by atoms with Crippen molar-refractivity contribution in [3.05, 3.63) is 28.3 Å². The third-order valence-corrected chi connectivity index (χ3v) is 2.37. The van der Waals surface area contributed by atoms with Gasteiger partial charge in [0, 0.05) is 12.6 Å². The molecule has 9 nitrogen and oxygen atoms in total. The van der Waals surface area contributed by atoms with Crippen LogP contribution in [-0.4, -0.2) is 49.6 Å². The Morgan fingerprint density at radius 1 is 1.33 bits per heavy atom. The van der Waals surface area contributed by atoms with Gasteiger partial charge in [-0.1, -0.05) is 0 Å². The van der Waals surface area contributed by atoms with Gasteiger partial charge < -0.3 is 24.6 Å². The van der Waals surface area contributed by atoms with E-state index in [4.69, 9.17) is 19.3 Å². The molecule has 0 radical (unpaired) electrons. The summed E-state index contributed by atoms with van der Waals surface area (Å²) in [5.74, 6) is 0.632. The molecule has 0 aliphatic rings. The van der Waals surface area contributed by atoms with Crippen LogP contribution in [0.1, 0.15) is 0 Å². The van der Waals surface area contributed by atoms with Crippen molar-refractivity contribution >= 4 is 11.8 Å². The third kappa shape index (κ3) is 5.95. The quantitative estimate of drug-likeness (QED) is 0.400. The van der Waals surface area contributed by atoms with Crippen molar-refractivity contribution < 1.29 is 29.0 Å². The number of amides is 1. The van der Waals surface area contributed by atoms with Gasteiger partial charge in [0.05, 0.1) is 31.3 Å². The van der Waals surface area contributed by atoms with Crippen LogP contribution in [0.3, 0.4) is 0 Å². The number of benzene rings is 1. The van der Waals surface area contributed by atoms with Crippen LogP contribution >= 0.6 is 0 Å². The summed E-state index contributed by atoms with van der Waals surface area (Å²) in [6, 6.07) is 4.04. The van der Waals surface area contributed by atoms with E-state index < -0.39 is 11.0 Å². The van der Waals surface area contributed by atoms with Gasteiger partial charge in [-0.25, -0.2) is 4.79 Å². The highest BCUT2D eigenvalue weighted by Gasteiger charge is 2.12. The summed E-state index contributed by atoms with van der Waals surface area (Å²) < 4.78 is 15.5. The molecule has 0 fully saturated rings. The Labute approximate surface area is 120 Å². The van der Waals surface area contributed by atoms with Crippen molar-refractivity contribution in [2.75, 3.05) is 33.5 Å². The molecule has 0 aliphatic heterocycles. The van der Waals surface area contributed by atoms with Gasteiger partial charge in [-0.2, -0.15) is 0 Å². The van der Waals surface area contributed by atoms with Crippen molar-refractivity contribution in [1.29, 1.82) is 0 Å². The number of rotatable bonds is 9. The van der Waals surface area contributed by atoms with Crippen molar-refractivity contribution in [2.24, 2.45) is 0 Å². The summed E-state index contributed by atoms with van der Waals surface area (Å²) in [5.41, 5.74) is -0.0997. The van der Waals surface area contributed by atoms with Crippen molar-refractivity contribution in [3.63, 3.8) is 0 Å². The maximum absolute atomic E-state index is 10.7. The second-order valence-corrected chi connectivity index (χ2v) is 3.79. The van der Waals surface area contributed by atoms with Gasteiger partial charge in [0.2, 0.25) is 0 Å². The Morgan fingerprint density at radius 2 is 2.10 bits per heavy atom. The number of non-ortho nitro benzene ring substituents is 1. The van der Waals surface area contributed by atoms with Crippen LogP contribution in [0.4, 0.5) is 10.5 Å². The number of hydrogen-bond donors (Lipinski definition) is 2. The number of hydrogen-bond acceptors (Lipinski definition) is 6. The average Bonchev–Trinajstić information content (AvgIpc) is 2.45. The van der Waals surface area contributed by atoms with Crippen LogP contribution in [0.25, 0.3) is 0 Å². The molecule has 2 N–H and O–H groups in total. The summed E-state index contributed by atoms with van der Waals surface area (Å²) >= 11 is 0. The Morgan fingerprint density at radius 3 is 2.71 bits per heavy atom. The molecule has 1 aromatic rings. The molecule has 0 aromatic heterocycles. The predicted molar refractivity (Wildman–Crippen MR) is 72.0 cm³/mol. The van der Waals surface area contributed by atoms with Crippen LogP contribution < -0.4 is 14.8 Å². The highest BCUT2D eigenvalue weighted by molar-refractivity contribution is 5.64. The molecule has 116 valence electrons. The number of nitro groups is 1. The van der Waals surface area contributed by atoms with E-state index in [1.54, 1.807) is 0 Å². The Bertz CT molecular complexity index is 492. The standard InChI is InChI=1S/C12H16N2O7/c1-19-10-3-2-9(14(17)18)8-11(10)21-7-6-20-5-4-13-12(15)16/h2-3,8,13H,4-7H2,1H3,(H,15,16). The molecule has 0 saturated heterocycles. The van der Waals surface area contributed by atoms with E-state index in [0.29, 0.717) is 5.75 Å². The first kappa shape index (κ1) is 16.5. The van der Waals surface area contributed by atoms with Gasteiger partial charge in [-0.05, 0) is 6.07 Å². The monoisotopic (exact) mass is 300 g/mol. The summed E-state index contributed by atoms with van der Waals surface area (Å²) in [5, 5.41) is 21.2. The number of nitrogens with zero attached hydrogens (tertiary/aromatic N) is 1. The molecule has 0 unspecified atom stereocenters. The summed E-state index contributed by atoms with van der Waals surface area (Å²) in [7, 11) is 1.43. The maximum Gasteiger partial charge on any atom is 0.404 e. The molecule has 9 heteroatoms. The number of nitro benzene ring substituents is 1. The van der Waals surface area contributed by atoms with Gasteiger partial charge in [0.1, 0.15) is 6.61 Å². The lowest BCUT2D eigenvalue weighted by atomic mass is 10.3. The Hall–Kier alpha value is -2.55. The average molecular weight is 300 g/mol. The van der Waals surface area contributed by atoms with E-state index in [2.05, 4.69) is 5.32 Å². The number of carbonyl (C=O) groups is 1. The molecule has 1 rings (SSSR count). The zero-order valence-electron chi connectivity index (χ0n) is 11.4. The third-order valence-electron chi connectivity index (χ3n) is 2.37. The zero-order chi connectivity index (χ0) is 15.7. The molecule has 0 saturated carbocycles. The molecule has 0 atom stereocenters. The smallest absolute Gasteiger partial charge is 0.404 e. The minimum absolute atomic E-state index is 0.0997. The van der Waals surface area contributed by atoms with Crippen LogP contribution in [0, 0.1) is 10.1 Å². The second kappa shape index (κ2) is 8.59. The fraction of sp³-hybridized carbons (Fsp3) is 0.417. The summed E-state index contributed by atoms with van der Waals surface area (Å²) in [6.45, 7) is 0.759. The minimum atomic E-state index is -1.11. The molecular weight excluding hydrogens is 284 g/mol. The highest BCUT2D eigenvalue weighted by atomic mass is 16.6. The van der Waals surface area contributed by atoms with Crippen molar-refractivity contribution in [2.45, 2.75) is 0 Å². The van der Waals surface area contributed by atoms with E-state index in [-0.39, 0.29) is 37.8 Å². The first-order valence-corrected chi connectivity index (χ1v) is 6.04. The van der Waals surface area contributed by atoms with E-state index in [9.17, 15) is 14.9 Å². The lowest BCUT2D eigenvalue weighted by Crippen LogP contribution is -2.25. The van der Waals surface area contributed by atoms with E-state index in [0.717, 1.165) is 0 Å². The summed E-state index contributed by atoms with van der Waals surface area (Å²) in [6.07, 6.45) is -1.11. The first-order valence-electron chi connectivity index (χ1n) is 6.04. The van der Waals surface area contributed by atoms with Crippen LogP contribution in [0.5, 0.6) is 11.5 Å². The Balaban J connectivity index is 2.38. The van der Waals surface area contributed by atoms with Gasteiger partial charge in [-0.15, -0.1) is 0 Å². The number of nitrogens with one attached hydrogen (secondary N) is 1. The molecule has 0 aliphatic carbocycles. The Kier molecular flexibility index (Phi) is 6.75. The van der Waals surface area contributed by atoms with E-state index >= 15 is 0 Å². The highest BCUT2D eigenvalue weighted by Crippen LogP contribution is 2.30. The van der Waals surface area contributed by atoms with E-state index in [1.807, 2.05) is 0 Å². The van der Waals surface area contributed by atoms with Gasteiger partial charge in [0.25, 0.3) is 5.69 Å². The largest absolute Gasteiger partial charge is 0.493 e. The summed E-state index contributed by atoms with van der Waals surface area (Å²) in [4.78, 5) is 20.3. The number of methoxy groups -OCH3 is 1. The van der Waals surface area contributed by atoms with Gasteiger partial charge in [0.15, 0.2) is 11.5 Å². The van der Waals surface area contributed by atoms with Gasteiger partial charge >= 0.3 is 6.09 Å². The van der Waals surface area contributed by atoms with Crippen LogP contribution in [0.15, 0.2) is 18.2 Å². The van der Waals surface area contributed by atoms with E-state index in [1.165, 1.54) is 25.3 Å². The second-order valence-electron chi connectivity index (χ2n) is 3.79. The fourth-order valence-electron chi connectivity index (χ4n) is 1.43. The van der Waals surface area contributed by atoms with Crippen molar-refractivity contribution in [3.8, 4) is 11.5 Å². The molecule has 0 spiro atoms. The lowest BCUT2D eigenvalue weighted by Gasteiger charge is -2.10. The van der Waals surface area contributed by atoms with Crippen molar-refractivity contribution in [1.82, 2.24) is 5.32 Å². The maximum atomic E-state index is 10.7. The van der Waals surface area contributed by atoms with Gasteiger partial charge in [-0.3, -0.25) is 10.1 Å². The molecule has 21 heavy (non-hydrogen) atoms. The normalized spacial score (nSPS) is 9.95. The molecular formula is C12H16N2O7.